The van der Waals surface area contributed by atoms with E-state index in [2.05, 4.69) is 15.5 Å². The summed E-state index contributed by atoms with van der Waals surface area (Å²) in [7, 11) is 0. The van der Waals surface area contributed by atoms with Crippen LogP contribution in [-0.2, 0) is 6.54 Å². The van der Waals surface area contributed by atoms with Crippen LogP contribution in [-0.4, -0.2) is 20.7 Å². The maximum atomic E-state index is 13.7. The molecule has 2 rings (SSSR count). The van der Waals surface area contributed by atoms with Crippen LogP contribution >= 0.6 is 12.2 Å². The number of carbonyl (C=O) groups excluding carboxylic acids is 1. The van der Waals surface area contributed by atoms with Crippen LogP contribution in [0.2, 0.25) is 0 Å². The third-order valence-corrected chi connectivity index (χ3v) is 3.77. The van der Waals surface area contributed by atoms with E-state index in [1.54, 1.807) is 12.1 Å². The highest BCUT2D eigenvalue weighted by Crippen LogP contribution is 2.21. The van der Waals surface area contributed by atoms with Crippen molar-refractivity contribution in [1.29, 1.82) is 0 Å². The lowest BCUT2D eigenvalue weighted by Gasteiger charge is -2.22. The van der Waals surface area contributed by atoms with Crippen LogP contribution in [0.1, 0.15) is 43.0 Å². The summed E-state index contributed by atoms with van der Waals surface area (Å²) in [5, 5.41) is 9.80. The van der Waals surface area contributed by atoms with Gasteiger partial charge in [0.25, 0.3) is 5.91 Å². The molecule has 1 atom stereocenters. The molecule has 1 heterocycles. The summed E-state index contributed by atoms with van der Waals surface area (Å²) in [5.74, 6) is -0.288. The topological polar surface area (TPSA) is 62.7 Å². The number of amides is 1. The fourth-order valence-corrected chi connectivity index (χ4v) is 2.53. The molecule has 1 amide bonds. The Bertz CT molecular complexity index is 722. The van der Waals surface area contributed by atoms with E-state index >= 15 is 0 Å². The van der Waals surface area contributed by atoms with Crippen molar-refractivity contribution in [2.45, 2.75) is 33.4 Å². The minimum Gasteiger partial charge on any atom is -0.342 e. The molecule has 2 N–H and O–H groups in total. The van der Waals surface area contributed by atoms with Gasteiger partial charge in [0.2, 0.25) is 0 Å². The molecule has 1 aromatic carbocycles. The first kappa shape index (κ1) is 16.4. The highest BCUT2D eigenvalue weighted by atomic mass is 32.1. The number of benzene rings is 1. The molecule has 118 valence electrons. The third kappa shape index (κ3) is 3.24. The van der Waals surface area contributed by atoms with Gasteiger partial charge >= 0.3 is 0 Å². The van der Waals surface area contributed by atoms with Crippen molar-refractivity contribution in [2.75, 3.05) is 0 Å². The van der Waals surface area contributed by atoms with Gasteiger partial charge in [0, 0.05) is 6.54 Å². The predicted molar refractivity (Wildman–Crippen MR) is 84.5 cm³/mol. The molecule has 0 saturated carbocycles. The van der Waals surface area contributed by atoms with Crippen molar-refractivity contribution in [2.24, 2.45) is 5.92 Å². The largest absolute Gasteiger partial charge is 0.342 e. The monoisotopic (exact) mass is 322 g/mol. The number of nitrogens with zero attached hydrogens (tertiary/aromatic N) is 2. The summed E-state index contributed by atoms with van der Waals surface area (Å²) < 4.78 is 16.1. The van der Waals surface area contributed by atoms with Crippen LogP contribution in [0.4, 0.5) is 4.39 Å². The molecule has 0 aliphatic rings. The van der Waals surface area contributed by atoms with E-state index in [-0.39, 0.29) is 17.5 Å². The van der Waals surface area contributed by atoms with Crippen molar-refractivity contribution >= 4 is 18.1 Å². The van der Waals surface area contributed by atoms with Crippen LogP contribution in [0, 0.1) is 16.5 Å². The van der Waals surface area contributed by atoms with E-state index in [1.165, 1.54) is 12.1 Å². The predicted octanol–water partition coefficient (Wildman–Crippen LogP) is 3.23. The second kappa shape index (κ2) is 6.83. The molecule has 1 aromatic heterocycles. The Morgan fingerprint density at radius 3 is 2.73 bits per heavy atom. The normalized spacial score (nSPS) is 12.4. The lowest BCUT2D eigenvalue weighted by atomic mass is 10.0. The second-order valence-corrected chi connectivity index (χ2v) is 5.69. The molecular weight excluding hydrogens is 303 g/mol. The zero-order chi connectivity index (χ0) is 16.3. The lowest BCUT2D eigenvalue weighted by molar-refractivity contribution is 0.0918. The third-order valence-electron chi connectivity index (χ3n) is 3.45. The maximum absolute atomic E-state index is 13.7. The van der Waals surface area contributed by atoms with Crippen LogP contribution in [0.3, 0.4) is 0 Å². The van der Waals surface area contributed by atoms with Gasteiger partial charge in [0.05, 0.1) is 11.6 Å². The van der Waals surface area contributed by atoms with Gasteiger partial charge < -0.3 is 9.88 Å². The van der Waals surface area contributed by atoms with Crippen molar-refractivity contribution in [3.05, 3.63) is 46.2 Å². The second-order valence-electron chi connectivity index (χ2n) is 5.31. The molecule has 0 saturated heterocycles. The Hall–Kier alpha value is -2.02. The maximum Gasteiger partial charge on any atom is 0.254 e. The van der Waals surface area contributed by atoms with E-state index in [4.69, 9.17) is 12.2 Å². The number of hydrogen-bond acceptors (Lipinski definition) is 3. The highest BCUT2D eigenvalue weighted by Gasteiger charge is 2.25. The van der Waals surface area contributed by atoms with Crippen LogP contribution in [0.15, 0.2) is 24.3 Å². The number of rotatable bonds is 5. The van der Waals surface area contributed by atoms with E-state index in [1.807, 2.05) is 25.3 Å². The summed E-state index contributed by atoms with van der Waals surface area (Å²) in [6.45, 7) is 6.52. The molecule has 5 nitrogen and oxygen atoms in total. The van der Waals surface area contributed by atoms with Gasteiger partial charge in [0.1, 0.15) is 5.82 Å². The number of halogens is 1. The number of aromatic amines is 1. The van der Waals surface area contributed by atoms with Crippen molar-refractivity contribution in [1.82, 2.24) is 20.1 Å². The summed E-state index contributed by atoms with van der Waals surface area (Å²) in [4.78, 5) is 12.3. The minimum atomic E-state index is -0.545. The number of nitrogens with one attached hydrogen (secondary N) is 2. The molecule has 2 aromatic rings. The first-order valence-electron chi connectivity index (χ1n) is 7.16. The average Bonchev–Trinajstić information content (AvgIpc) is 2.85. The lowest BCUT2D eigenvalue weighted by Crippen LogP contribution is -2.34. The molecule has 22 heavy (non-hydrogen) atoms. The minimum absolute atomic E-state index is 0.0188. The summed E-state index contributed by atoms with van der Waals surface area (Å²) >= 11 is 5.18. The molecule has 0 radical (unpaired) electrons. The number of carbonyl (C=O) groups is 1. The fraction of sp³-hybridized carbons (Fsp3) is 0.400. The number of H-pyrrole nitrogens is 1. The SMILES string of the molecule is CCn1c(C(NC(=O)c2ccccc2F)C(C)C)n[nH]c1=S. The molecule has 0 bridgehead atoms. The van der Waals surface area contributed by atoms with Crippen molar-refractivity contribution in [3.63, 3.8) is 0 Å². The molecule has 0 fully saturated rings. The number of hydrogen-bond donors (Lipinski definition) is 2. The molecule has 0 aliphatic heterocycles. The van der Waals surface area contributed by atoms with E-state index < -0.39 is 11.7 Å². The van der Waals surface area contributed by atoms with E-state index in [0.717, 1.165) is 0 Å². The van der Waals surface area contributed by atoms with Crippen LogP contribution in [0.25, 0.3) is 0 Å². The van der Waals surface area contributed by atoms with Gasteiger partial charge in [-0.3, -0.25) is 9.89 Å². The quantitative estimate of drug-likeness (QED) is 0.831. The van der Waals surface area contributed by atoms with Gasteiger partial charge in [-0.2, -0.15) is 5.10 Å². The first-order chi connectivity index (χ1) is 10.5. The van der Waals surface area contributed by atoms with Gasteiger partial charge in [-0.15, -0.1) is 0 Å². The molecule has 7 heteroatoms. The van der Waals surface area contributed by atoms with Crippen LogP contribution in [0.5, 0.6) is 0 Å². The smallest absolute Gasteiger partial charge is 0.254 e. The van der Waals surface area contributed by atoms with Gasteiger partial charge in [-0.25, -0.2) is 4.39 Å². The summed E-state index contributed by atoms with van der Waals surface area (Å²) in [6.07, 6.45) is 0. The molecular formula is C15H19FN4OS. The Morgan fingerprint density at radius 1 is 1.45 bits per heavy atom. The van der Waals surface area contributed by atoms with E-state index in [0.29, 0.717) is 17.1 Å². The Kier molecular flexibility index (Phi) is 5.07. The zero-order valence-corrected chi connectivity index (χ0v) is 13.6. The van der Waals surface area contributed by atoms with Crippen molar-refractivity contribution in [3.8, 4) is 0 Å². The van der Waals surface area contributed by atoms with Gasteiger partial charge in [-0.05, 0) is 37.2 Å². The highest BCUT2D eigenvalue weighted by molar-refractivity contribution is 7.71. The summed E-state index contributed by atoms with van der Waals surface area (Å²) in [6, 6.07) is 5.54. The van der Waals surface area contributed by atoms with Gasteiger partial charge in [0.15, 0.2) is 10.6 Å². The number of aromatic nitrogens is 3. The fourth-order valence-electron chi connectivity index (χ4n) is 2.27. The molecule has 1 unspecified atom stereocenters. The Morgan fingerprint density at radius 2 is 2.14 bits per heavy atom. The standard InChI is InChI=1S/C15H19FN4OS/c1-4-20-13(18-19-15(20)22)12(9(2)3)17-14(21)10-7-5-6-8-11(10)16/h5-9,12H,4H2,1-3H3,(H,17,21)(H,19,22). The molecule has 0 spiro atoms. The zero-order valence-electron chi connectivity index (χ0n) is 12.8. The average molecular weight is 322 g/mol. The van der Waals surface area contributed by atoms with E-state index in [9.17, 15) is 9.18 Å². The van der Waals surface area contributed by atoms with Crippen LogP contribution < -0.4 is 5.32 Å². The van der Waals surface area contributed by atoms with Gasteiger partial charge in [-0.1, -0.05) is 26.0 Å². The Balaban J connectivity index is 2.32. The summed E-state index contributed by atoms with van der Waals surface area (Å²) in [5.41, 5.74) is 0.0188. The Labute approximate surface area is 133 Å². The molecule has 0 aliphatic carbocycles. The first-order valence-corrected chi connectivity index (χ1v) is 7.57. The van der Waals surface area contributed by atoms with Crippen molar-refractivity contribution < 1.29 is 9.18 Å².